The van der Waals surface area contributed by atoms with Gasteiger partial charge in [0.25, 0.3) is 5.91 Å². The predicted molar refractivity (Wildman–Crippen MR) is 104 cm³/mol. The Hall–Kier alpha value is -2.47. The molecule has 1 amide bonds. The molecule has 1 fully saturated rings. The molecular formula is C20H28N5O+. The van der Waals surface area contributed by atoms with Gasteiger partial charge in [-0.05, 0) is 30.0 Å². The second-order valence-corrected chi connectivity index (χ2v) is 6.67. The number of anilines is 2. The van der Waals surface area contributed by atoms with Crippen LogP contribution in [0.25, 0.3) is 0 Å². The number of hydrogen-bond acceptors (Lipinski definition) is 4. The van der Waals surface area contributed by atoms with Crippen molar-refractivity contribution in [1.29, 1.82) is 0 Å². The number of para-hydroxylation sites is 1. The Morgan fingerprint density at radius 2 is 1.69 bits per heavy atom. The van der Waals surface area contributed by atoms with Crippen molar-refractivity contribution in [3.8, 4) is 0 Å². The molecule has 1 aliphatic heterocycles. The fourth-order valence-corrected chi connectivity index (χ4v) is 3.47. The molecule has 2 heterocycles. The average Bonchev–Trinajstić information content (AvgIpc) is 2.69. The molecule has 0 aliphatic carbocycles. The Labute approximate surface area is 155 Å². The minimum atomic E-state index is 0.0972. The van der Waals surface area contributed by atoms with E-state index in [1.54, 1.807) is 12.4 Å². The molecule has 0 spiro atoms. The minimum Gasteiger partial charge on any atom is -0.330 e. The van der Waals surface area contributed by atoms with Crippen LogP contribution >= 0.6 is 0 Å². The number of nitrogens with zero attached hydrogens (tertiary/aromatic N) is 3. The second kappa shape index (κ2) is 8.76. The van der Waals surface area contributed by atoms with Crippen LogP contribution in [-0.4, -0.2) is 48.6 Å². The summed E-state index contributed by atoms with van der Waals surface area (Å²) in [5, 5.41) is 3.17. The van der Waals surface area contributed by atoms with Crippen LogP contribution in [0.2, 0.25) is 0 Å². The van der Waals surface area contributed by atoms with E-state index in [2.05, 4.69) is 52.2 Å². The van der Waals surface area contributed by atoms with Crippen molar-refractivity contribution >= 4 is 17.5 Å². The van der Waals surface area contributed by atoms with Gasteiger partial charge in [-0.3, -0.25) is 4.79 Å². The van der Waals surface area contributed by atoms with Crippen LogP contribution < -0.4 is 15.1 Å². The van der Waals surface area contributed by atoms with Gasteiger partial charge in [-0.1, -0.05) is 32.0 Å². The molecule has 138 valence electrons. The number of benzene rings is 1. The molecule has 0 bridgehead atoms. The van der Waals surface area contributed by atoms with E-state index in [0.717, 1.165) is 50.7 Å². The van der Waals surface area contributed by atoms with Crippen molar-refractivity contribution < 1.29 is 9.69 Å². The highest BCUT2D eigenvalue weighted by Gasteiger charge is 2.24. The number of aryl methyl sites for hydroxylation is 2. The first-order valence-corrected chi connectivity index (χ1v) is 9.47. The molecule has 2 aromatic rings. The summed E-state index contributed by atoms with van der Waals surface area (Å²) in [4.78, 5) is 24.7. The van der Waals surface area contributed by atoms with Gasteiger partial charge in [-0.25, -0.2) is 9.97 Å². The molecule has 0 atom stereocenters. The molecule has 26 heavy (non-hydrogen) atoms. The van der Waals surface area contributed by atoms with E-state index in [4.69, 9.17) is 0 Å². The topological polar surface area (TPSA) is 62.6 Å². The first-order chi connectivity index (χ1) is 12.7. The van der Waals surface area contributed by atoms with E-state index < -0.39 is 0 Å². The maximum atomic E-state index is 12.6. The van der Waals surface area contributed by atoms with Gasteiger partial charge in [0.05, 0.1) is 26.2 Å². The maximum Gasteiger partial charge on any atom is 0.279 e. The van der Waals surface area contributed by atoms with Gasteiger partial charge in [0.1, 0.15) is 0 Å². The minimum absolute atomic E-state index is 0.0972. The molecular weight excluding hydrogens is 326 g/mol. The van der Waals surface area contributed by atoms with E-state index >= 15 is 0 Å². The average molecular weight is 354 g/mol. The smallest absolute Gasteiger partial charge is 0.279 e. The highest BCUT2D eigenvalue weighted by atomic mass is 16.2. The first-order valence-electron chi connectivity index (χ1n) is 9.47. The van der Waals surface area contributed by atoms with Crippen molar-refractivity contribution in [1.82, 2.24) is 9.97 Å². The van der Waals surface area contributed by atoms with Crippen LogP contribution in [0.5, 0.6) is 0 Å². The van der Waals surface area contributed by atoms with Crippen LogP contribution in [0.3, 0.4) is 0 Å². The lowest BCUT2D eigenvalue weighted by atomic mass is 10.0. The van der Waals surface area contributed by atoms with Gasteiger partial charge in [-0.15, -0.1) is 0 Å². The maximum absolute atomic E-state index is 12.6. The lowest BCUT2D eigenvalue weighted by Gasteiger charge is -2.31. The fourth-order valence-electron chi connectivity index (χ4n) is 3.47. The predicted octanol–water partition coefficient (Wildman–Crippen LogP) is 0.945. The largest absolute Gasteiger partial charge is 0.330 e. The zero-order valence-corrected chi connectivity index (χ0v) is 15.7. The van der Waals surface area contributed by atoms with Crippen molar-refractivity contribution in [3.05, 3.63) is 47.8 Å². The molecule has 1 aliphatic rings. The SMILES string of the molecule is CCc1cccc(CC)c1NC(=O)C[NH+]1CCN(c2ncccn2)CC1. The molecule has 1 saturated heterocycles. The van der Waals surface area contributed by atoms with Crippen LogP contribution in [-0.2, 0) is 17.6 Å². The summed E-state index contributed by atoms with van der Waals surface area (Å²) in [6.45, 7) is 8.34. The molecule has 1 aromatic heterocycles. The molecule has 2 N–H and O–H groups in total. The van der Waals surface area contributed by atoms with Gasteiger partial charge in [-0.2, -0.15) is 0 Å². The summed E-state index contributed by atoms with van der Waals surface area (Å²) in [7, 11) is 0. The molecule has 6 nitrogen and oxygen atoms in total. The second-order valence-electron chi connectivity index (χ2n) is 6.67. The first kappa shape index (κ1) is 18.3. The van der Waals surface area contributed by atoms with E-state index in [1.165, 1.54) is 16.0 Å². The summed E-state index contributed by atoms with van der Waals surface area (Å²) in [6, 6.07) is 8.10. The zero-order valence-electron chi connectivity index (χ0n) is 15.7. The summed E-state index contributed by atoms with van der Waals surface area (Å²) in [5.74, 6) is 0.875. The Morgan fingerprint density at radius 3 is 2.27 bits per heavy atom. The Morgan fingerprint density at radius 1 is 1.08 bits per heavy atom. The van der Waals surface area contributed by atoms with Gasteiger partial charge >= 0.3 is 0 Å². The third-order valence-corrected chi connectivity index (χ3v) is 4.98. The monoisotopic (exact) mass is 354 g/mol. The summed E-state index contributed by atoms with van der Waals surface area (Å²) in [6.07, 6.45) is 5.38. The zero-order chi connectivity index (χ0) is 18.4. The molecule has 0 radical (unpaired) electrons. The summed E-state index contributed by atoms with van der Waals surface area (Å²) < 4.78 is 0. The van der Waals surface area contributed by atoms with Crippen LogP contribution in [0.4, 0.5) is 11.6 Å². The van der Waals surface area contributed by atoms with E-state index in [1.807, 2.05) is 6.07 Å². The molecule has 3 rings (SSSR count). The van der Waals surface area contributed by atoms with E-state index in [9.17, 15) is 4.79 Å². The summed E-state index contributed by atoms with van der Waals surface area (Å²) in [5.41, 5.74) is 3.43. The molecule has 0 unspecified atom stereocenters. The number of hydrogen-bond donors (Lipinski definition) is 2. The Balaban J connectivity index is 1.55. The number of nitrogens with one attached hydrogen (secondary N) is 2. The van der Waals surface area contributed by atoms with Gasteiger partial charge < -0.3 is 15.1 Å². The number of quaternary nitrogens is 1. The number of carbonyl (C=O) groups excluding carboxylic acids is 1. The highest BCUT2D eigenvalue weighted by molar-refractivity contribution is 5.93. The van der Waals surface area contributed by atoms with Crippen LogP contribution in [0.1, 0.15) is 25.0 Å². The molecule has 6 heteroatoms. The normalized spacial score (nSPS) is 15.1. The Bertz CT molecular complexity index is 704. The lowest BCUT2D eigenvalue weighted by Crippen LogP contribution is -3.15. The van der Waals surface area contributed by atoms with Crippen molar-refractivity contribution in [2.75, 3.05) is 42.9 Å². The highest BCUT2D eigenvalue weighted by Crippen LogP contribution is 2.22. The van der Waals surface area contributed by atoms with E-state index in [-0.39, 0.29) is 5.91 Å². The number of amides is 1. The van der Waals surface area contributed by atoms with Crippen LogP contribution in [0, 0.1) is 0 Å². The number of rotatable bonds is 6. The number of carbonyl (C=O) groups is 1. The van der Waals surface area contributed by atoms with Crippen molar-refractivity contribution in [2.24, 2.45) is 0 Å². The number of aromatic nitrogens is 2. The lowest BCUT2D eigenvalue weighted by molar-refractivity contribution is -0.892. The third-order valence-electron chi connectivity index (χ3n) is 4.98. The molecule has 1 aromatic carbocycles. The standard InChI is InChI=1S/C20H27N5O/c1-3-16-7-5-8-17(4-2)19(16)23-18(26)15-24-11-13-25(14-12-24)20-21-9-6-10-22-20/h5-10H,3-4,11-15H2,1-2H3,(H,23,26)/p+1. The Kier molecular flexibility index (Phi) is 6.17. The fraction of sp³-hybridized carbons (Fsp3) is 0.450. The number of piperazine rings is 1. The van der Waals surface area contributed by atoms with Crippen LogP contribution in [0.15, 0.2) is 36.7 Å². The van der Waals surface area contributed by atoms with Gasteiger partial charge in [0, 0.05) is 18.1 Å². The van der Waals surface area contributed by atoms with Crippen molar-refractivity contribution in [3.63, 3.8) is 0 Å². The quantitative estimate of drug-likeness (QED) is 0.811. The van der Waals surface area contributed by atoms with E-state index in [0.29, 0.717) is 6.54 Å². The summed E-state index contributed by atoms with van der Waals surface area (Å²) >= 11 is 0. The molecule has 0 saturated carbocycles. The van der Waals surface area contributed by atoms with Gasteiger partial charge in [0.15, 0.2) is 6.54 Å². The third kappa shape index (κ3) is 4.38. The van der Waals surface area contributed by atoms with Crippen molar-refractivity contribution in [2.45, 2.75) is 26.7 Å². The van der Waals surface area contributed by atoms with Gasteiger partial charge in [0.2, 0.25) is 5.95 Å².